The van der Waals surface area contributed by atoms with Gasteiger partial charge in [-0.2, -0.15) is 4.31 Å². The highest BCUT2D eigenvalue weighted by Gasteiger charge is 2.18. The summed E-state index contributed by atoms with van der Waals surface area (Å²) in [5.74, 6) is -0.808. The Morgan fingerprint density at radius 2 is 1.80 bits per heavy atom. The molecule has 8 heteroatoms. The lowest BCUT2D eigenvalue weighted by Crippen LogP contribution is -2.37. The fourth-order valence-corrected chi connectivity index (χ4v) is 3.10. The number of sulfonamides is 1. The standard InChI is InChI=1S/C17H18ClFN2O3S/c1-25(23,24)21(12-14-4-2-3-5-16(14)19)11-10-20-17(22)13-6-8-15(18)9-7-13/h2-9H,10-12H2,1H3,(H,20,22). The van der Waals surface area contributed by atoms with Crippen LogP contribution in [0.5, 0.6) is 0 Å². The van der Waals surface area contributed by atoms with Crippen molar-refractivity contribution in [2.24, 2.45) is 0 Å². The first-order valence-electron chi connectivity index (χ1n) is 7.49. The molecular weight excluding hydrogens is 367 g/mol. The number of amides is 1. The Labute approximate surface area is 151 Å². The molecular formula is C17H18ClFN2O3S. The average molecular weight is 385 g/mol. The summed E-state index contributed by atoms with van der Waals surface area (Å²) in [6.45, 7) is 0.0395. The number of hydrogen-bond donors (Lipinski definition) is 1. The van der Waals surface area contributed by atoms with Crippen molar-refractivity contribution in [1.82, 2.24) is 9.62 Å². The second-order valence-electron chi connectivity index (χ2n) is 5.45. The lowest BCUT2D eigenvalue weighted by atomic mass is 10.2. The van der Waals surface area contributed by atoms with E-state index in [9.17, 15) is 17.6 Å². The van der Waals surface area contributed by atoms with Crippen LogP contribution in [0.3, 0.4) is 0 Å². The van der Waals surface area contributed by atoms with Gasteiger partial charge in [0, 0.05) is 35.8 Å². The Bertz CT molecular complexity index is 841. The van der Waals surface area contributed by atoms with Crippen LogP contribution in [-0.2, 0) is 16.6 Å². The fraction of sp³-hybridized carbons (Fsp3) is 0.235. The Kier molecular flexibility index (Phi) is 6.52. The molecule has 1 N–H and O–H groups in total. The van der Waals surface area contributed by atoms with Crippen LogP contribution in [0.1, 0.15) is 15.9 Å². The quantitative estimate of drug-likeness (QED) is 0.798. The molecule has 0 unspecified atom stereocenters. The van der Waals surface area contributed by atoms with Gasteiger partial charge in [0.15, 0.2) is 0 Å². The molecule has 0 aliphatic carbocycles. The van der Waals surface area contributed by atoms with Crippen molar-refractivity contribution >= 4 is 27.5 Å². The fourth-order valence-electron chi connectivity index (χ4n) is 2.18. The Balaban J connectivity index is 1.98. The molecule has 1 amide bonds. The third kappa shape index (κ3) is 5.81. The van der Waals surface area contributed by atoms with Crippen molar-refractivity contribution in [3.63, 3.8) is 0 Å². The topological polar surface area (TPSA) is 66.5 Å². The van der Waals surface area contributed by atoms with Gasteiger partial charge in [0.05, 0.1) is 6.26 Å². The highest BCUT2D eigenvalue weighted by Crippen LogP contribution is 2.12. The van der Waals surface area contributed by atoms with Crippen LogP contribution < -0.4 is 5.32 Å². The maximum atomic E-state index is 13.7. The normalized spacial score (nSPS) is 11.5. The van der Waals surface area contributed by atoms with Crippen LogP contribution in [-0.4, -0.2) is 38.0 Å². The number of nitrogens with one attached hydrogen (secondary N) is 1. The van der Waals surface area contributed by atoms with Gasteiger partial charge in [-0.3, -0.25) is 4.79 Å². The van der Waals surface area contributed by atoms with E-state index >= 15 is 0 Å². The van der Waals surface area contributed by atoms with Crippen LogP contribution in [0, 0.1) is 5.82 Å². The second kappa shape index (κ2) is 8.42. The molecule has 0 bridgehead atoms. The molecule has 134 valence electrons. The molecule has 0 spiro atoms. The third-order valence-electron chi connectivity index (χ3n) is 3.53. The number of rotatable bonds is 7. The molecule has 0 aliphatic rings. The first-order chi connectivity index (χ1) is 11.8. The third-order valence-corrected chi connectivity index (χ3v) is 5.03. The SMILES string of the molecule is CS(=O)(=O)N(CCNC(=O)c1ccc(Cl)cc1)Cc1ccccc1F. The molecule has 0 saturated heterocycles. The number of halogens is 2. The monoisotopic (exact) mass is 384 g/mol. The molecule has 0 radical (unpaired) electrons. The van der Waals surface area contributed by atoms with E-state index in [1.54, 1.807) is 30.3 Å². The van der Waals surface area contributed by atoms with Crippen molar-refractivity contribution in [2.75, 3.05) is 19.3 Å². The van der Waals surface area contributed by atoms with Crippen molar-refractivity contribution in [1.29, 1.82) is 0 Å². The Morgan fingerprint density at radius 3 is 2.40 bits per heavy atom. The Hall–Kier alpha value is -1.96. The van der Waals surface area contributed by atoms with Gasteiger partial charge in [0.1, 0.15) is 5.82 Å². The summed E-state index contributed by atoms with van der Waals surface area (Å²) in [6.07, 6.45) is 1.05. The first kappa shape index (κ1) is 19.4. The van der Waals surface area contributed by atoms with Crippen molar-refractivity contribution in [3.8, 4) is 0 Å². The van der Waals surface area contributed by atoms with E-state index in [2.05, 4.69) is 5.32 Å². The summed E-state index contributed by atoms with van der Waals surface area (Å²) in [4.78, 5) is 12.0. The highest BCUT2D eigenvalue weighted by atomic mass is 35.5. The Morgan fingerprint density at radius 1 is 1.16 bits per heavy atom. The van der Waals surface area contributed by atoms with Crippen LogP contribution in [0.4, 0.5) is 4.39 Å². The zero-order valence-corrected chi connectivity index (χ0v) is 15.1. The van der Waals surface area contributed by atoms with Crippen LogP contribution >= 0.6 is 11.6 Å². The minimum atomic E-state index is -3.55. The summed E-state index contributed by atoms with van der Waals surface area (Å²) in [5.41, 5.74) is 0.696. The smallest absolute Gasteiger partial charge is 0.251 e. The molecule has 2 aromatic carbocycles. The maximum Gasteiger partial charge on any atom is 0.251 e. The zero-order chi connectivity index (χ0) is 18.4. The van der Waals surface area contributed by atoms with Gasteiger partial charge in [0.2, 0.25) is 10.0 Å². The molecule has 0 heterocycles. The summed E-state index contributed by atoms with van der Waals surface area (Å²) in [6, 6.07) is 12.3. The lowest BCUT2D eigenvalue weighted by molar-refractivity contribution is 0.0951. The number of hydrogen-bond acceptors (Lipinski definition) is 3. The van der Waals surface area contributed by atoms with Crippen LogP contribution in [0.2, 0.25) is 5.02 Å². The summed E-state index contributed by atoms with van der Waals surface area (Å²) in [7, 11) is -3.55. The van der Waals surface area contributed by atoms with Crippen molar-refractivity contribution < 1.29 is 17.6 Å². The van der Waals surface area contributed by atoms with Crippen molar-refractivity contribution in [2.45, 2.75) is 6.54 Å². The predicted octanol–water partition coefficient (Wildman–Crippen LogP) is 2.67. The summed E-state index contributed by atoms with van der Waals surface area (Å²) < 4.78 is 38.7. The number of nitrogens with zero attached hydrogens (tertiary/aromatic N) is 1. The van der Waals surface area contributed by atoms with Gasteiger partial charge < -0.3 is 5.32 Å². The highest BCUT2D eigenvalue weighted by molar-refractivity contribution is 7.88. The van der Waals surface area contributed by atoms with E-state index in [0.29, 0.717) is 10.6 Å². The summed E-state index contributed by atoms with van der Waals surface area (Å²) >= 11 is 5.77. The molecule has 0 aliphatic heterocycles. The molecule has 2 aromatic rings. The van der Waals surface area contributed by atoms with Gasteiger partial charge in [-0.05, 0) is 30.3 Å². The summed E-state index contributed by atoms with van der Waals surface area (Å²) in [5, 5.41) is 3.16. The molecule has 0 fully saturated rings. The zero-order valence-electron chi connectivity index (χ0n) is 13.6. The van der Waals surface area contributed by atoms with E-state index in [1.165, 1.54) is 18.2 Å². The van der Waals surface area contributed by atoms with E-state index in [4.69, 9.17) is 11.6 Å². The number of carbonyl (C=O) groups is 1. The van der Waals surface area contributed by atoms with E-state index in [-0.39, 0.29) is 31.1 Å². The number of carbonyl (C=O) groups excluding carboxylic acids is 1. The minimum absolute atomic E-state index is 0.0342. The van der Waals surface area contributed by atoms with Gasteiger partial charge >= 0.3 is 0 Å². The molecule has 25 heavy (non-hydrogen) atoms. The van der Waals surface area contributed by atoms with Gasteiger partial charge in [-0.25, -0.2) is 12.8 Å². The number of benzene rings is 2. The van der Waals surface area contributed by atoms with Gasteiger partial charge in [-0.15, -0.1) is 0 Å². The van der Waals surface area contributed by atoms with Crippen LogP contribution in [0.25, 0.3) is 0 Å². The molecule has 0 aromatic heterocycles. The van der Waals surface area contributed by atoms with Crippen molar-refractivity contribution in [3.05, 3.63) is 70.5 Å². The average Bonchev–Trinajstić information content (AvgIpc) is 2.55. The minimum Gasteiger partial charge on any atom is -0.351 e. The van der Waals surface area contributed by atoms with Gasteiger partial charge in [-0.1, -0.05) is 29.8 Å². The van der Waals surface area contributed by atoms with Gasteiger partial charge in [0.25, 0.3) is 5.91 Å². The molecule has 0 saturated carbocycles. The largest absolute Gasteiger partial charge is 0.351 e. The second-order valence-corrected chi connectivity index (χ2v) is 7.87. The maximum absolute atomic E-state index is 13.7. The van der Waals surface area contributed by atoms with Crippen LogP contribution in [0.15, 0.2) is 48.5 Å². The molecule has 5 nitrogen and oxygen atoms in total. The first-order valence-corrected chi connectivity index (χ1v) is 9.72. The molecule has 2 rings (SSSR count). The van der Waals surface area contributed by atoms with E-state index < -0.39 is 15.8 Å². The molecule has 0 atom stereocenters. The predicted molar refractivity (Wildman–Crippen MR) is 95.4 cm³/mol. The lowest BCUT2D eigenvalue weighted by Gasteiger charge is -2.20. The van der Waals surface area contributed by atoms with E-state index in [0.717, 1.165) is 10.6 Å². The van der Waals surface area contributed by atoms with E-state index in [1.807, 2.05) is 0 Å².